The van der Waals surface area contributed by atoms with Crippen LogP contribution in [0.2, 0.25) is 0 Å². The predicted molar refractivity (Wildman–Crippen MR) is 173 cm³/mol. The van der Waals surface area contributed by atoms with E-state index >= 15 is 0 Å². The number of nitrogens with one attached hydrogen (secondary N) is 1. The molecule has 5 rings (SSSR count). The van der Waals surface area contributed by atoms with Gasteiger partial charge in [-0.2, -0.15) is 0 Å². The Labute approximate surface area is 266 Å². The fourth-order valence-electron chi connectivity index (χ4n) is 5.87. The smallest absolute Gasteiger partial charge is 0.335 e. The minimum absolute atomic E-state index is 0.00453. The maximum Gasteiger partial charge on any atom is 0.335 e. The van der Waals surface area contributed by atoms with E-state index in [0.29, 0.717) is 36.2 Å². The number of allylic oxidation sites excluding steroid dienone is 1. The van der Waals surface area contributed by atoms with Gasteiger partial charge in [0.15, 0.2) is 5.43 Å². The molecule has 0 amide bonds. The Bertz CT molecular complexity index is 1860. The number of nitrogens with two attached hydrogens (primary N) is 1. The second-order valence-corrected chi connectivity index (χ2v) is 11.8. The Kier molecular flexibility index (Phi) is 9.36. The molecule has 0 saturated heterocycles. The highest BCUT2D eigenvalue weighted by Crippen LogP contribution is 2.50. The molecule has 2 atom stereocenters. The molecule has 242 valence electrons. The average Bonchev–Trinajstić information content (AvgIpc) is 3.01. The number of pyridine rings is 1. The highest BCUT2D eigenvalue weighted by Gasteiger charge is 2.44. The molecular weight excluding hydrogens is 590 g/mol. The fraction of sp³-hybridized carbons (Fsp3) is 0.343. The summed E-state index contributed by atoms with van der Waals surface area (Å²) in [6.07, 6.45) is 2.77. The highest BCUT2D eigenvalue weighted by molar-refractivity contribution is 5.92. The van der Waals surface area contributed by atoms with Crippen molar-refractivity contribution in [2.75, 3.05) is 18.8 Å². The number of phenols is 2. The van der Waals surface area contributed by atoms with Crippen molar-refractivity contribution < 1.29 is 34.0 Å². The standard InChI is InChI=1S/C35H39N3O8/c1-5-20(17-37-6-2)34(43)45-27-16-25-31(42)30-26(41)15-23(18-39)44-33(30)29(32(25)46-35(27,3)4)24(21-10-11-38-28(36)14-21)13-19-8-7-9-22(40)12-19/h5,7-12,14-15,24,27,37,39-40,42H,6,13,16-18H2,1-4H3,(H2,36,38)/t24-,27+/m1/s1. The zero-order chi connectivity index (χ0) is 33.2. The number of benzene rings is 2. The summed E-state index contributed by atoms with van der Waals surface area (Å²) in [6, 6.07) is 11.4. The van der Waals surface area contributed by atoms with Crippen LogP contribution in [-0.2, 0) is 29.0 Å². The van der Waals surface area contributed by atoms with Gasteiger partial charge < -0.3 is 40.3 Å². The molecule has 0 bridgehead atoms. The number of aliphatic hydroxyl groups excluding tert-OH is 1. The Morgan fingerprint density at radius 1 is 1.24 bits per heavy atom. The molecule has 1 aliphatic heterocycles. The minimum atomic E-state index is -1.09. The zero-order valence-electron chi connectivity index (χ0n) is 26.3. The van der Waals surface area contributed by atoms with Crippen LogP contribution < -0.4 is 21.2 Å². The molecule has 0 radical (unpaired) electrons. The number of aromatic hydroxyl groups is 2. The Morgan fingerprint density at radius 3 is 2.70 bits per heavy atom. The van der Waals surface area contributed by atoms with Gasteiger partial charge in [0.2, 0.25) is 0 Å². The number of hydrogen-bond acceptors (Lipinski definition) is 11. The third-order valence-electron chi connectivity index (χ3n) is 8.30. The second-order valence-electron chi connectivity index (χ2n) is 11.8. The summed E-state index contributed by atoms with van der Waals surface area (Å²) in [5, 5.41) is 34.9. The number of rotatable bonds is 10. The summed E-state index contributed by atoms with van der Waals surface area (Å²) in [6.45, 7) is 7.72. The van der Waals surface area contributed by atoms with E-state index < -0.39 is 35.6 Å². The quantitative estimate of drug-likeness (QED) is 0.125. The van der Waals surface area contributed by atoms with Crippen LogP contribution in [0.25, 0.3) is 11.0 Å². The molecule has 6 N–H and O–H groups in total. The number of fused-ring (bicyclic) bond motifs is 2. The fourth-order valence-corrected chi connectivity index (χ4v) is 5.87. The summed E-state index contributed by atoms with van der Waals surface area (Å²) in [5.41, 5.74) is 7.15. The molecule has 46 heavy (non-hydrogen) atoms. The molecule has 0 aliphatic carbocycles. The topological polar surface area (TPSA) is 177 Å². The van der Waals surface area contributed by atoms with Gasteiger partial charge in [-0.1, -0.05) is 25.1 Å². The van der Waals surface area contributed by atoms with Crippen molar-refractivity contribution in [3.8, 4) is 17.2 Å². The lowest BCUT2D eigenvalue weighted by Crippen LogP contribution is -2.49. The summed E-state index contributed by atoms with van der Waals surface area (Å²) in [4.78, 5) is 30.9. The molecule has 0 spiro atoms. The number of esters is 1. The SMILES string of the molecule is CC=C(CNCC)C(=O)O[C@H]1Cc2c(c([C@H](Cc3cccc(O)c3)c3ccnc(N)c3)c3oc(CO)cc(=O)c3c2O)OC1(C)C. The highest BCUT2D eigenvalue weighted by atomic mass is 16.6. The van der Waals surface area contributed by atoms with Crippen LogP contribution in [-0.4, -0.2) is 51.1 Å². The molecule has 0 fully saturated rings. The lowest BCUT2D eigenvalue weighted by Gasteiger charge is -2.41. The number of nitrogens with zero attached hydrogens (tertiary/aromatic N) is 1. The molecule has 2 aromatic heterocycles. The average molecular weight is 630 g/mol. The van der Waals surface area contributed by atoms with E-state index in [1.165, 1.54) is 0 Å². The van der Waals surface area contributed by atoms with Crippen LogP contribution >= 0.6 is 0 Å². The van der Waals surface area contributed by atoms with E-state index in [1.807, 2.05) is 13.0 Å². The second kappa shape index (κ2) is 13.2. The van der Waals surface area contributed by atoms with Crippen molar-refractivity contribution in [2.24, 2.45) is 0 Å². The third-order valence-corrected chi connectivity index (χ3v) is 8.30. The number of anilines is 1. The van der Waals surface area contributed by atoms with Gasteiger partial charge in [-0.15, -0.1) is 0 Å². The number of likely N-dealkylation sites (N-methyl/N-ethyl adjacent to an activating group) is 1. The van der Waals surface area contributed by atoms with Crippen molar-refractivity contribution >= 4 is 22.8 Å². The molecule has 1 aliphatic rings. The van der Waals surface area contributed by atoms with Crippen molar-refractivity contribution in [1.82, 2.24) is 10.3 Å². The molecule has 3 heterocycles. The van der Waals surface area contributed by atoms with Crippen molar-refractivity contribution in [1.29, 1.82) is 0 Å². The minimum Gasteiger partial charge on any atom is -0.508 e. The molecule has 2 aromatic carbocycles. The molecule has 4 aromatic rings. The first-order chi connectivity index (χ1) is 22.0. The number of aliphatic hydroxyl groups is 1. The van der Waals surface area contributed by atoms with Crippen molar-refractivity contribution in [3.05, 3.63) is 98.5 Å². The van der Waals surface area contributed by atoms with E-state index in [4.69, 9.17) is 19.6 Å². The van der Waals surface area contributed by atoms with Gasteiger partial charge in [0.1, 0.15) is 58.1 Å². The first kappa shape index (κ1) is 32.5. The Morgan fingerprint density at radius 2 is 2.02 bits per heavy atom. The first-order valence-electron chi connectivity index (χ1n) is 15.2. The number of ether oxygens (including phenoxy) is 2. The normalized spacial score (nSPS) is 16.5. The number of phenolic OH excluding ortho intramolecular Hbond substituents is 2. The molecule has 11 nitrogen and oxygen atoms in total. The van der Waals surface area contributed by atoms with Crippen LogP contribution in [0.1, 0.15) is 61.6 Å². The number of aromatic nitrogens is 1. The van der Waals surface area contributed by atoms with Crippen LogP contribution in [0.15, 0.2) is 69.5 Å². The molecule has 0 saturated carbocycles. The van der Waals surface area contributed by atoms with Gasteiger partial charge >= 0.3 is 5.97 Å². The van der Waals surface area contributed by atoms with Crippen molar-refractivity contribution in [2.45, 2.75) is 64.8 Å². The van der Waals surface area contributed by atoms with Crippen molar-refractivity contribution in [3.63, 3.8) is 0 Å². The number of carbonyl (C=O) groups is 1. The zero-order valence-corrected chi connectivity index (χ0v) is 26.3. The summed E-state index contributed by atoms with van der Waals surface area (Å²) < 4.78 is 18.8. The number of carbonyl (C=O) groups excluding carboxylic acids is 1. The first-order valence-corrected chi connectivity index (χ1v) is 15.2. The molecular formula is C35H39N3O8. The molecule has 0 unspecified atom stereocenters. The predicted octanol–water partition coefficient (Wildman–Crippen LogP) is 4.23. The summed E-state index contributed by atoms with van der Waals surface area (Å²) in [5.74, 6) is -0.856. The largest absolute Gasteiger partial charge is 0.508 e. The van der Waals surface area contributed by atoms with E-state index in [0.717, 1.165) is 11.6 Å². The van der Waals surface area contributed by atoms with Gasteiger partial charge in [0, 0.05) is 47.8 Å². The summed E-state index contributed by atoms with van der Waals surface area (Å²) in [7, 11) is 0. The van der Waals surface area contributed by atoms with E-state index in [9.17, 15) is 24.9 Å². The van der Waals surface area contributed by atoms with E-state index in [1.54, 1.807) is 63.4 Å². The molecule has 11 heteroatoms. The lowest BCUT2D eigenvalue weighted by atomic mass is 9.80. The van der Waals surface area contributed by atoms with Gasteiger partial charge in [-0.3, -0.25) is 4.79 Å². The van der Waals surface area contributed by atoms with Gasteiger partial charge in [-0.05, 0) is 69.1 Å². The van der Waals surface area contributed by atoms with E-state index in [2.05, 4.69) is 10.3 Å². The van der Waals surface area contributed by atoms with Gasteiger partial charge in [0.05, 0.1) is 0 Å². The number of nitrogen functional groups attached to an aromatic ring is 1. The van der Waals surface area contributed by atoms with Crippen LogP contribution in [0.4, 0.5) is 5.82 Å². The maximum absolute atomic E-state index is 13.5. The maximum atomic E-state index is 13.5. The number of hydrogen-bond donors (Lipinski definition) is 5. The third kappa shape index (κ3) is 6.42. The van der Waals surface area contributed by atoms with Crippen LogP contribution in [0, 0.1) is 0 Å². The van der Waals surface area contributed by atoms with E-state index in [-0.39, 0.29) is 51.8 Å². The van der Waals surface area contributed by atoms with Gasteiger partial charge in [-0.25, -0.2) is 9.78 Å². The van der Waals surface area contributed by atoms with Crippen LogP contribution in [0.3, 0.4) is 0 Å². The lowest BCUT2D eigenvalue weighted by molar-refractivity contribution is -0.156. The summed E-state index contributed by atoms with van der Waals surface area (Å²) >= 11 is 0. The monoisotopic (exact) mass is 629 g/mol. The van der Waals surface area contributed by atoms with Gasteiger partial charge in [0.25, 0.3) is 0 Å². The Balaban J connectivity index is 1.75. The van der Waals surface area contributed by atoms with Crippen LogP contribution in [0.5, 0.6) is 17.2 Å². The Hall–Kier alpha value is -4.87.